The predicted molar refractivity (Wildman–Crippen MR) is 90.9 cm³/mol. The van der Waals surface area contributed by atoms with Crippen molar-refractivity contribution in [2.75, 3.05) is 17.2 Å². The number of rotatable bonds is 6. The molecule has 0 saturated heterocycles. The maximum Gasteiger partial charge on any atom is 0.422 e. The molecule has 2 N–H and O–H groups in total. The molecule has 0 bridgehead atoms. The number of halogens is 3. The second kappa shape index (κ2) is 8.25. The summed E-state index contributed by atoms with van der Waals surface area (Å²) in [5.41, 5.74) is 1.48. The summed E-state index contributed by atoms with van der Waals surface area (Å²) in [7, 11) is 0. The summed E-state index contributed by atoms with van der Waals surface area (Å²) in [6, 6.07) is 13.7. The molecule has 136 valence electrons. The molecule has 0 aromatic heterocycles. The maximum absolute atomic E-state index is 12.2. The third-order valence-corrected chi connectivity index (χ3v) is 3.29. The van der Waals surface area contributed by atoms with E-state index in [1.807, 2.05) is 6.07 Å². The van der Waals surface area contributed by atoms with Crippen LogP contribution < -0.4 is 15.4 Å². The van der Waals surface area contributed by atoms with Gasteiger partial charge < -0.3 is 15.4 Å². The van der Waals surface area contributed by atoms with E-state index in [-0.39, 0.29) is 11.7 Å². The SMILES string of the molecule is CC(Nc1ccc(OCC(F)(F)F)cc1)C(=O)Nc1cccc(C#N)c1. The number of hydrogen-bond donors (Lipinski definition) is 2. The highest BCUT2D eigenvalue weighted by atomic mass is 19.4. The van der Waals surface area contributed by atoms with Crippen LogP contribution in [0.1, 0.15) is 12.5 Å². The first-order chi connectivity index (χ1) is 12.3. The lowest BCUT2D eigenvalue weighted by Gasteiger charge is -2.16. The minimum atomic E-state index is -4.40. The zero-order chi connectivity index (χ0) is 19.2. The summed E-state index contributed by atoms with van der Waals surface area (Å²) < 4.78 is 40.9. The Morgan fingerprint density at radius 1 is 1.19 bits per heavy atom. The van der Waals surface area contributed by atoms with Crippen molar-refractivity contribution >= 4 is 17.3 Å². The Hall–Kier alpha value is -3.21. The molecule has 0 radical (unpaired) electrons. The highest BCUT2D eigenvalue weighted by Gasteiger charge is 2.28. The van der Waals surface area contributed by atoms with Gasteiger partial charge in [0.15, 0.2) is 6.61 Å². The summed E-state index contributed by atoms with van der Waals surface area (Å²) in [5.74, 6) is -0.240. The molecule has 2 aromatic rings. The number of anilines is 2. The van der Waals surface area contributed by atoms with Crippen molar-refractivity contribution in [3.8, 4) is 11.8 Å². The van der Waals surface area contributed by atoms with E-state index >= 15 is 0 Å². The number of carbonyl (C=O) groups is 1. The molecule has 0 aliphatic carbocycles. The van der Waals surface area contributed by atoms with Crippen molar-refractivity contribution in [1.82, 2.24) is 0 Å². The number of ether oxygens (including phenoxy) is 1. The van der Waals surface area contributed by atoms with E-state index in [0.29, 0.717) is 16.9 Å². The van der Waals surface area contributed by atoms with Crippen LogP contribution in [0.15, 0.2) is 48.5 Å². The van der Waals surface area contributed by atoms with Gasteiger partial charge in [-0.2, -0.15) is 18.4 Å². The van der Waals surface area contributed by atoms with Gasteiger partial charge in [0.25, 0.3) is 0 Å². The van der Waals surface area contributed by atoms with Gasteiger partial charge in [0.1, 0.15) is 11.8 Å². The lowest BCUT2D eigenvalue weighted by molar-refractivity contribution is -0.153. The van der Waals surface area contributed by atoms with Crippen LogP contribution in [0.5, 0.6) is 5.75 Å². The molecule has 0 spiro atoms. The van der Waals surface area contributed by atoms with Crippen LogP contribution in [-0.2, 0) is 4.79 Å². The van der Waals surface area contributed by atoms with Crippen LogP contribution in [0.2, 0.25) is 0 Å². The molecule has 2 rings (SSSR count). The van der Waals surface area contributed by atoms with E-state index in [1.54, 1.807) is 31.2 Å². The Kier molecular flexibility index (Phi) is 6.07. The minimum absolute atomic E-state index is 0.0818. The molecule has 26 heavy (non-hydrogen) atoms. The fraction of sp³-hybridized carbons (Fsp3) is 0.222. The van der Waals surface area contributed by atoms with Crippen molar-refractivity contribution in [3.63, 3.8) is 0 Å². The van der Waals surface area contributed by atoms with Crippen LogP contribution in [0, 0.1) is 11.3 Å². The Morgan fingerprint density at radius 2 is 1.88 bits per heavy atom. The molecule has 1 unspecified atom stereocenters. The molecule has 8 heteroatoms. The number of hydrogen-bond acceptors (Lipinski definition) is 4. The van der Waals surface area contributed by atoms with Crippen LogP contribution in [0.3, 0.4) is 0 Å². The third kappa shape index (κ3) is 6.02. The zero-order valence-electron chi connectivity index (χ0n) is 13.8. The fourth-order valence-corrected chi connectivity index (χ4v) is 2.05. The quantitative estimate of drug-likeness (QED) is 0.815. The summed E-state index contributed by atoms with van der Waals surface area (Å²) in [5, 5.41) is 14.5. The Bertz CT molecular complexity index is 799. The van der Waals surface area contributed by atoms with E-state index in [4.69, 9.17) is 5.26 Å². The maximum atomic E-state index is 12.2. The van der Waals surface area contributed by atoms with Crippen LogP contribution in [-0.4, -0.2) is 24.7 Å². The number of amides is 1. The molecule has 1 amide bonds. The summed E-state index contributed by atoms with van der Waals surface area (Å²) >= 11 is 0. The molecule has 5 nitrogen and oxygen atoms in total. The molecular weight excluding hydrogens is 347 g/mol. The normalized spacial score (nSPS) is 12.0. The summed E-state index contributed by atoms with van der Waals surface area (Å²) in [6.07, 6.45) is -4.40. The van der Waals surface area contributed by atoms with E-state index in [0.717, 1.165) is 0 Å². The van der Waals surface area contributed by atoms with E-state index in [2.05, 4.69) is 15.4 Å². The van der Waals surface area contributed by atoms with Crippen LogP contribution in [0.4, 0.5) is 24.5 Å². The number of benzene rings is 2. The first-order valence-electron chi connectivity index (χ1n) is 7.64. The monoisotopic (exact) mass is 363 g/mol. The number of nitrogens with one attached hydrogen (secondary N) is 2. The topological polar surface area (TPSA) is 74.2 Å². The summed E-state index contributed by atoms with van der Waals surface area (Å²) in [4.78, 5) is 12.2. The second-order valence-corrected chi connectivity index (χ2v) is 5.48. The molecule has 0 aliphatic heterocycles. The number of alkyl halides is 3. The van der Waals surface area contributed by atoms with E-state index < -0.39 is 18.8 Å². The lowest BCUT2D eigenvalue weighted by Crippen LogP contribution is -2.31. The predicted octanol–water partition coefficient (Wildman–Crippen LogP) is 3.94. The van der Waals surface area contributed by atoms with Crippen molar-refractivity contribution in [1.29, 1.82) is 5.26 Å². The largest absolute Gasteiger partial charge is 0.484 e. The number of carbonyl (C=O) groups excluding carboxylic acids is 1. The lowest BCUT2D eigenvalue weighted by atomic mass is 10.2. The number of nitrogens with zero attached hydrogens (tertiary/aromatic N) is 1. The van der Waals surface area contributed by atoms with Crippen molar-refractivity contribution in [2.45, 2.75) is 19.1 Å². The molecule has 2 aromatic carbocycles. The van der Waals surface area contributed by atoms with E-state index in [1.165, 1.54) is 24.3 Å². The van der Waals surface area contributed by atoms with Crippen LogP contribution in [0.25, 0.3) is 0 Å². The van der Waals surface area contributed by atoms with Crippen molar-refractivity contribution in [3.05, 3.63) is 54.1 Å². The average Bonchev–Trinajstić information content (AvgIpc) is 2.60. The molecule has 0 fully saturated rings. The molecular formula is C18H16F3N3O2. The fourth-order valence-electron chi connectivity index (χ4n) is 2.05. The molecule has 1 atom stereocenters. The molecule has 0 aliphatic rings. The van der Waals surface area contributed by atoms with Gasteiger partial charge in [-0.05, 0) is 49.4 Å². The average molecular weight is 363 g/mol. The van der Waals surface area contributed by atoms with Gasteiger partial charge in [-0.15, -0.1) is 0 Å². The van der Waals surface area contributed by atoms with Gasteiger partial charge in [0, 0.05) is 11.4 Å². The highest BCUT2D eigenvalue weighted by molar-refractivity contribution is 5.96. The Morgan fingerprint density at radius 3 is 2.50 bits per heavy atom. The third-order valence-electron chi connectivity index (χ3n) is 3.29. The zero-order valence-corrected chi connectivity index (χ0v) is 13.8. The van der Waals surface area contributed by atoms with Gasteiger partial charge in [0.05, 0.1) is 11.6 Å². The molecule has 0 saturated carbocycles. The van der Waals surface area contributed by atoms with Crippen molar-refractivity contribution < 1.29 is 22.7 Å². The first kappa shape index (κ1) is 19.1. The first-order valence-corrected chi connectivity index (χ1v) is 7.64. The van der Waals surface area contributed by atoms with E-state index in [9.17, 15) is 18.0 Å². The Labute approximate surface area is 148 Å². The second-order valence-electron chi connectivity index (χ2n) is 5.48. The standard InChI is InChI=1S/C18H16F3N3O2/c1-12(17(25)24-15-4-2-3-13(9-15)10-22)23-14-5-7-16(8-6-14)26-11-18(19,20)21/h2-9,12,23H,11H2,1H3,(H,24,25). The minimum Gasteiger partial charge on any atom is -0.484 e. The van der Waals surface area contributed by atoms with Gasteiger partial charge in [-0.25, -0.2) is 0 Å². The summed E-state index contributed by atoms with van der Waals surface area (Å²) in [6.45, 7) is 0.276. The smallest absolute Gasteiger partial charge is 0.422 e. The number of nitriles is 1. The van der Waals surface area contributed by atoms with Crippen LogP contribution >= 0.6 is 0 Å². The van der Waals surface area contributed by atoms with Gasteiger partial charge >= 0.3 is 6.18 Å². The Balaban J connectivity index is 1.91. The van der Waals surface area contributed by atoms with Gasteiger partial charge in [-0.3, -0.25) is 4.79 Å². The molecule has 0 heterocycles. The van der Waals surface area contributed by atoms with Gasteiger partial charge in [0.2, 0.25) is 5.91 Å². The highest BCUT2D eigenvalue weighted by Crippen LogP contribution is 2.20. The van der Waals surface area contributed by atoms with Crippen molar-refractivity contribution in [2.24, 2.45) is 0 Å². The van der Waals surface area contributed by atoms with Gasteiger partial charge in [-0.1, -0.05) is 6.07 Å².